The summed E-state index contributed by atoms with van der Waals surface area (Å²) in [5, 5.41) is 9.13. The largest absolute Gasteiger partial charge is 0.380 e. The van der Waals surface area contributed by atoms with E-state index in [1.807, 2.05) is 19.2 Å². The van der Waals surface area contributed by atoms with E-state index in [0.29, 0.717) is 0 Å². The molecule has 0 aliphatic carbocycles. The summed E-state index contributed by atoms with van der Waals surface area (Å²) in [7, 11) is 0. The molecule has 0 amide bonds. The van der Waals surface area contributed by atoms with Crippen molar-refractivity contribution in [1.82, 2.24) is 25.5 Å². The zero-order valence-electron chi connectivity index (χ0n) is 18.9. The predicted octanol–water partition coefficient (Wildman–Crippen LogP) is 2.63. The summed E-state index contributed by atoms with van der Waals surface area (Å²) in [6.45, 7) is 17.8. The Hall–Kier alpha value is -3.91. The third kappa shape index (κ3) is 4.65. The van der Waals surface area contributed by atoms with Crippen molar-refractivity contribution in [3.8, 4) is 0 Å². The van der Waals surface area contributed by atoms with Gasteiger partial charge in [0.25, 0.3) is 0 Å². The molecule has 4 N–H and O–H groups in total. The molecule has 33 heavy (non-hydrogen) atoms. The van der Waals surface area contributed by atoms with E-state index < -0.39 is 0 Å². The van der Waals surface area contributed by atoms with E-state index in [9.17, 15) is 4.39 Å². The molecule has 1 fully saturated rings. The van der Waals surface area contributed by atoms with Crippen LogP contribution in [0.15, 0.2) is 61.3 Å². The van der Waals surface area contributed by atoms with E-state index in [0.717, 1.165) is 82.4 Å². The lowest BCUT2D eigenvalue weighted by molar-refractivity contribution is 0.270. The second kappa shape index (κ2) is 9.70. The number of halogens is 1. The lowest BCUT2D eigenvalue weighted by Gasteiger charge is -2.28. The van der Waals surface area contributed by atoms with Gasteiger partial charge in [0, 0.05) is 66.3 Å². The van der Waals surface area contributed by atoms with Crippen LogP contribution < -0.4 is 21.2 Å². The summed E-state index contributed by atoms with van der Waals surface area (Å²) in [6, 6.07) is 4.69. The zero-order valence-corrected chi connectivity index (χ0v) is 18.9. The molecule has 1 aliphatic rings. The Morgan fingerprint density at radius 3 is 2.88 bits per heavy atom. The Labute approximate surface area is 192 Å². The highest BCUT2D eigenvalue weighted by Gasteiger charge is 2.14. The highest BCUT2D eigenvalue weighted by atomic mass is 19.1. The number of benzene rings is 1. The van der Waals surface area contributed by atoms with Crippen LogP contribution in [0.2, 0.25) is 0 Å². The van der Waals surface area contributed by atoms with Crippen molar-refractivity contribution in [2.45, 2.75) is 6.92 Å². The van der Waals surface area contributed by atoms with Gasteiger partial charge in [-0.15, -0.1) is 17.2 Å². The van der Waals surface area contributed by atoms with E-state index in [1.165, 1.54) is 12.1 Å². The van der Waals surface area contributed by atoms with Crippen LogP contribution in [0.3, 0.4) is 0 Å². The molecule has 3 aromatic rings. The number of piperazine rings is 1. The van der Waals surface area contributed by atoms with Crippen molar-refractivity contribution >= 4 is 28.4 Å². The van der Waals surface area contributed by atoms with Gasteiger partial charge in [-0.1, -0.05) is 19.7 Å². The van der Waals surface area contributed by atoms with Crippen molar-refractivity contribution in [1.29, 1.82) is 0 Å². The van der Waals surface area contributed by atoms with Gasteiger partial charge >= 0.3 is 0 Å². The number of hydrogen-bond donors (Lipinski definition) is 4. The maximum atomic E-state index is 13.9. The average Bonchev–Trinajstić information content (AvgIpc) is 3.37. The Morgan fingerprint density at radius 1 is 1.27 bits per heavy atom. The summed E-state index contributed by atoms with van der Waals surface area (Å²) in [5.74, 6) is -0.281. The third-order valence-electron chi connectivity index (χ3n) is 5.98. The minimum absolute atomic E-state index is 0.281. The molecule has 6 heteroatoms. The number of nitrogens with one attached hydrogen (secondary N) is 4. The van der Waals surface area contributed by atoms with Gasteiger partial charge in [0.05, 0.1) is 16.7 Å². The molecule has 0 unspecified atom stereocenters. The predicted molar refractivity (Wildman–Crippen MR) is 133 cm³/mol. The number of hydrogen-bond acceptors (Lipinski definition) is 3. The van der Waals surface area contributed by atoms with E-state index in [-0.39, 0.29) is 5.82 Å². The van der Waals surface area contributed by atoms with Crippen molar-refractivity contribution in [2.75, 3.05) is 32.7 Å². The summed E-state index contributed by atoms with van der Waals surface area (Å²) < 4.78 is 13.9. The molecule has 4 rings (SSSR count). The van der Waals surface area contributed by atoms with Gasteiger partial charge in [0.2, 0.25) is 0 Å². The highest BCUT2D eigenvalue weighted by molar-refractivity contribution is 5.82. The molecule has 3 heterocycles. The Morgan fingerprint density at radius 2 is 2.12 bits per heavy atom. The van der Waals surface area contributed by atoms with E-state index in [1.54, 1.807) is 6.07 Å². The number of fused-ring (bicyclic) bond motifs is 1. The quantitative estimate of drug-likeness (QED) is 0.445. The van der Waals surface area contributed by atoms with Gasteiger partial charge in [0.15, 0.2) is 0 Å². The third-order valence-corrected chi connectivity index (χ3v) is 5.98. The van der Waals surface area contributed by atoms with Gasteiger partial charge in [-0.2, -0.15) is 0 Å². The van der Waals surface area contributed by atoms with Gasteiger partial charge in [0.1, 0.15) is 5.82 Å². The van der Waals surface area contributed by atoms with Gasteiger partial charge in [-0.05, 0) is 36.8 Å². The molecule has 0 bridgehead atoms. The molecule has 5 nitrogen and oxygen atoms in total. The lowest BCUT2D eigenvalue weighted by Crippen LogP contribution is -2.44. The van der Waals surface area contributed by atoms with Crippen molar-refractivity contribution in [3.05, 3.63) is 94.5 Å². The van der Waals surface area contributed by atoms with Crippen LogP contribution in [0.25, 0.3) is 28.4 Å². The average molecular weight is 442 g/mol. The van der Waals surface area contributed by atoms with E-state index in [2.05, 4.69) is 62.4 Å². The molecule has 1 saturated heterocycles. The number of H-pyrrole nitrogens is 2. The standard InChI is InChI=1S/C27H28FN5/c1-5-20-17-33(12-10-29-20)13-11-30-24(6-2)23-16-31-27(18(23)4)15-22-21-14-19(28)8-9-26(21)32-25(22)7-3/h8-9,14-16,29-32H,1-3,10-13,17H2,4H3/b22-15-. The van der Waals surface area contributed by atoms with Crippen molar-refractivity contribution in [3.63, 3.8) is 0 Å². The van der Waals surface area contributed by atoms with Crippen LogP contribution in [-0.4, -0.2) is 47.6 Å². The van der Waals surface area contributed by atoms with Gasteiger partial charge < -0.3 is 20.6 Å². The van der Waals surface area contributed by atoms with Crippen LogP contribution in [0.1, 0.15) is 16.8 Å². The first-order chi connectivity index (χ1) is 16.0. The summed E-state index contributed by atoms with van der Waals surface area (Å²) in [5.41, 5.74) is 14.6. The molecule has 168 valence electrons. The van der Waals surface area contributed by atoms with E-state index >= 15 is 0 Å². The number of aromatic nitrogens is 2. The van der Waals surface area contributed by atoms with Crippen LogP contribution in [0.4, 0.5) is 4.39 Å². The maximum Gasteiger partial charge on any atom is 0.123 e. The summed E-state index contributed by atoms with van der Waals surface area (Å²) in [4.78, 5) is 8.93. The van der Waals surface area contributed by atoms with Gasteiger partial charge in [-0.25, -0.2) is 4.39 Å². The molecular weight excluding hydrogens is 413 g/mol. The van der Waals surface area contributed by atoms with Crippen molar-refractivity contribution in [2.24, 2.45) is 0 Å². The monoisotopic (exact) mass is 441 g/mol. The van der Waals surface area contributed by atoms with Crippen LogP contribution in [0.5, 0.6) is 0 Å². The molecule has 0 spiro atoms. The zero-order chi connectivity index (χ0) is 23.4. The molecular formula is C27H28FN5. The van der Waals surface area contributed by atoms with Crippen LogP contribution in [0, 0.1) is 12.7 Å². The number of aromatic amines is 2. The first kappa shape index (κ1) is 22.3. The van der Waals surface area contributed by atoms with Crippen molar-refractivity contribution < 1.29 is 4.39 Å². The minimum Gasteiger partial charge on any atom is -0.380 e. The highest BCUT2D eigenvalue weighted by Crippen LogP contribution is 2.20. The fraction of sp³-hybridized carbons (Fsp3) is 0.222. The van der Waals surface area contributed by atoms with E-state index in [4.69, 9.17) is 0 Å². The molecule has 0 radical (unpaired) electrons. The first-order valence-electron chi connectivity index (χ1n) is 10.9. The molecule has 2 aromatic heterocycles. The fourth-order valence-electron chi connectivity index (χ4n) is 4.16. The normalized spacial score (nSPS) is 14.5. The molecule has 1 aliphatic heterocycles. The Bertz CT molecular complexity index is 1440. The van der Waals surface area contributed by atoms with Gasteiger partial charge in [-0.3, -0.25) is 4.90 Å². The molecule has 1 aromatic carbocycles. The second-order valence-corrected chi connectivity index (χ2v) is 8.00. The summed E-state index contributed by atoms with van der Waals surface area (Å²) >= 11 is 0. The smallest absolute Gasteiger partial charge is 0.123 e. The fourth-order valence-corrected chi connectivity index (χ4v) is 4.16. The molecule has 0 saturated carbocycles. The second-order valence-electron chi connectivity index (χ2n) is 8.00. The first-order valence-corrected chi connectivity index (χ1v) is 10.9. The maximum absolute atomic E-state index is 13.9. The number of nitrogens with zero attached hydrogens (tertiary/aromatic N) is 1. The lowest BCUT2D eigenvalue weighted by atomic mass is 10.1. The van der Waals surface area contributed by atoms with Crippen LogP contribution >= 0.6 is 0 Å². The topological polar surface area (TPSA) is 58.9 Å². The number of rotatable bonds is 6. The van der Waals surface area contributed by atoms with Crippen LogP contribution in [-0.2, 0) is 0 Å². The Kier molecular flexibility index (Phi) is 6.55. The summed E-state index contributed by atoms with van der Waals surface area (Å²) in [6.07, 6.45) is 3.94. The minimum atomic E-state index is -0.281. The molecule has 0 atom stereocenters. The SMILES string of the molecule is C=C=C1CN(CCNC(=C=C)c2c[nH]c(/C=c3\c(=C=C)[nH]c4ccc(F)cc34)c2C)CCN1. The Balaban J connectivity index is 1.57.